The van der Waals surface area contributed by atoms with E-state index in [0.29, 0.717) is 13.0 Å². The largest absolute Gasteiger partial charge is 0.408 e. The summed E-state index contributed by atoms with van der Waals surface area (Å²) in [7, 11) is -1.82. The number of aliphatic hydroxyl groups is 1. The molecular weight excluding hydrogens is 322 g/mol. The van der Waals surface area contributed by atoms with Gasteiger partial charge in [0.05, 0.1) is 12.6 Å². The number of hydrogen-bond acceptors (Lipinski definition) is 4. The van der Waals surface area contributed by atoms with Crippen LogP contribution in [0, 0.1) is 0 Å². The minimum Gasteiger partial charge on any atom is -0.408 e. The summed E-state index contributed by atoms with van der Waals surface area (Å²) < 4.78 is 11.4. The first-order valence-corrected chi connectivity index (χ1v) is 11.4. The molecule has 2 rings (SSSR count). The number of rotatable bonds is 8. The smallest absolute Gasteiger partial charge is 0.251 e. The molecule has 1 fully saturated rings. The second kappa shape index (κ2) is 8.76. The summed E-state index contributed by atoms with van der Waals surface area (Å²) in [6.07, 6.45) is -0.502. The van der Waals surface area contributed by atoms with E-state index in [9.17, 15) is 9.90 Å². The van der Waals surface area contributed by atoms with Crippen LogP contribution in [0.25, 0.3) is 0 Å². The van der Waals surface area contributed by atoms with Crippen molar-refractivity contribution in [1.82, 2.24) is 4.90 Å². The minimum absolute atomic E-state index is 0.0352. The monoisotopic (exact) mass is 351 g/mol. The first-order valence-electron chi connectivity index (χ1n) is 8.84. The second-order valence-corrected chi connectivity index (χ2v) is 11.1. The molecule has 5 nitrogen and oxygen atoms in total. The van der Waals surface area contributed by atoms with Crippen LogP contribution in [0.2, 0.25) is 18.1 Å². The highest BCUT2D eigenvalue weighted by Gasteiger charge is 2.38. The third-order valence-corrected chi connectivity index (χ3v) is 9.73. The Hall–Kier alpha value is -1.21. The van der Waals surface area contributed by atoms with E-state index in [1.165, 1.54) is 4.90 Å². The van der Waals surface area contributed by atoms with Gasteiger partial charge in [0.2, 0.25) is 6.41 Å². The predicted molar refractivity (Wildman–Crippen MR) is 95.9 cm³/mol. The van der Waals surface area contributed by atoms with Crippen molar-refractivity contribution in [2.75, 3.05) is 13.2 Å². The molecule has 1 saturated heterocycles. The zero-order valence-corrected chi connectivity index (χ0v) is 15.9. The maximum atomic E-state index is 12.6. The van der Waals surface area contributed by atoms with E-state index in [-0.39, 0.29) is 18.6 Å². The molecule has 0 aliphatic carbocycles. The highest BCUT2D eigenvalue weighted by atomic mass is 28.4. The van der Waals surface area contributed by atoms with Crippen molar-refractivity contribution in [3.8, 4) is 0 Å². The molecule has 1 aliphatic heterocycles. The van der Waals surface area contributed by atoms with E-state index < -0.39 is 14.7 Å². The number of benzene rings is 1. The topological polar surface area (TPSA) is 59.0 Å². The molecule has 1 aromatic carbocycles. The van der Waals surface area contributed by atoms with Crippen LogP contribution in [0.3, 0.4) is 0 Å². The van der Waals surface area contributed by atoms with Crippen molar-refractivity contribution >= 4 is 14.2 Å². The van der Waals surface area contributed by atoms with Gasteiger partial charge in [-0.05, 0) is 30.1 Å². The molecule has 1 amide bonds. The van der Waals surface area contributed by atoms with Crippen molar-refractivity contribution in [3.63, 3.8) is 0 Å². The fraction of sp³-hybridized carbons (Fsp3) is 0.611. The number of carbonyl (C=O) groups excluding carboxylic acids is 1. The van der Waals surface area contributed by atoms with E-state index in [4.69, 9.17) is 9.16 Å². The fourth-order valence-electron chi connectivity index (χ4n) is 3.25. The lowest BCUT2D eigenvalue weighted by molar-refractivity contribution is -0.167. The van der Waals surface area contributed by atoms with Gasteiger partial charge in [0.15, 0.2) is 8.32 Å². The van der Waals surface area contributed by atoms with Gasteiger partial charge in [-0.3, -0.25) is 9.69 Å². The number of carbonyl (C=O) groups is 1. The lowest BCUT2D eigenvalue weighted by Gasteiger charge is -2.30. The molecule has 134 valence electrons. The van der Waals surface area contributed by atoms with Crippen LogP contribution in [0.5, 0.6) is 0 Å². The molecule has 0 saturated carbocycles. The third-order valence-electron chi connectivity index (χ3n) is 5.11. The Morgan fingerprint density at radius 2 is 1.88 bits per heavy atom. The van der Waals surface area contributed by atoms with Crippen LogP contribution in [0.15, 0.2) is 30.3 Å². The molecule has 24 heavy (non-hydrogen) atoms. The highest BCUT2D eigenvalue weighted by molar-refractivity contribution is 6.73. The number of amides is 1. The fourth-order valence-corrected chi connectivity index (χ4v) is 5.80. The van der Waals surface area contributed by atoms with Crippen LogP contribution in [0.4, 0.5) is 0 Å². The molecular formula is C18H29NO4Si. The predicted octanol–water partition coefficient (Wildman–Crippen LogP) is 2.75. The Bertz CT molecular complexity index is 513. The Morgan fingerprint density at radius 1 is 1.25 bits per heavy atom. The lowest BCUT2D eigenvalue weighted by atomic mass is 10.1. The van der Waals surface area contributed by atoms with E-state index >= 15 is 0 Å². The van der Waals surface area contributed by atoms with Gasteiger partial charge in [-0.1, -0.05) is 51.1 Å². The molecule has 6 heteroatoms. The zero-order valence-electron chi connectivity index (χ0n) is 14.9. The number of nitrogens with zero attached hydrogens (tertiary/aromatic N) is 1. The summed E-state index contributed by atoms with van der Waals surface area (Å²) in [6, 6.07) is 12.8. The van der Waals surface area contributed by atoms with Crippen molar-refractivity contribution in [2.24, 2.45) is 0 Å². The van der Waals surface area contributed by atoms with E-state index in [0.717, 1.165) is 23.7 Å². The highest BCUT2D eigenvalue weighted by Crippen LogP contribution is 2.23. The molecule has 1 aromatic rings. The average molecular weight is 352 g/mol. The molecule has 2 unspecified atom stereocenters. The Morgan fingerprint density at radius 3 is 2.46 bits per heavy atom. The third kappa shape index (κ3) is 4.45. The summed E-state index contributed by atoms with van der Waals surface area (Å²) in [5.74, 6) is -0.187. The SMILES string of the molecule is CC[Si](CC)(CC)OCC(=O)N1C(Cc2ccccc2)COC1O. The maximum Gasteiger partial charge on any atom is 0.251 e. The van der Waals surface area contributed by atoms with E-state index in [2.05, 4.69) is 20.8 Å². The summed E-state index contributed by atoms with van der Waals surface area (Å²) in [6.45, 7) is 6.79. The normalized spacial score (nSPS) is 21.2. The van der Waals surface area contributed by atoms with Gasteiger partial charge in [-0.2, -0.15) is 0 Å². The van der Waals surface area contributed by atoms with Gasteiger partial charge >= 0.3 is 0 Å². The summed E-state index contributed by atoms with van der Waals surface area (Å²) in [4.78, 5) is 14.1. The number of ether oxygens (including phenoxy) is 1. The quantitative estimate of drug-likeness (QED) is 0.732. The van der Waals surface area contributed by atoms with Gasteiger partial charge in [-0.15, -0.1) is 0 Å². The van der Waals surface area contributed by atoms with Crippen LogP contribution < -0.4 is 0 Å². The van der Waals surface area contributed by atoms with E-state index in [1.54, 1.807) is 0 Å². The standard InChI is InChI=1S/C18H29NO4Si/c1-4-24(5-2,6-3)23-14-17(20)19-16(13-22-18(19)21)12-15-10-8-7-9-11-15/h7-11,16,18,21H,4-6,12-14H2,1-3H3. The number of aliphatic hydroxyl groups excluding tert-OH is 1. The molecule has 0 bridgehead atoms. The van der Waals surface area contributed by atoms with Crippen molar-refractivity contribution in [2.45, 2.75) is 57.8 Å². The second-order valence-electron chi connectivity index (χ2n) is 6.34. The Labute approximate surface area is 145 Å². The molecule has 0 aromatic heterocycles. The van der Waals surface area contributed by atoms with E-state index in [1.807, 2.05) is 30.3 Å². The first kappa shape index (κ1) is 19.1. The molecule has 1 heterocycles. The molecule has 1 aliphatic rings. The summed E-state index contributed by atoms with van der Waals surface area (Å²) in [5.41, 5.74) is 1.12. The average Bonchev–Trinajstić information content (AvgIpc) is 2.98. The molecule has 0 radical (unpaired) electrons. The van der Waals surface area contributed by atoms with Crippen LogP contribution in [-0.2, 0) is 20.4 Å². The molecule has 1 N–H and O–H groups in total. The van der Waals surface area contributed by atoms with Crippen molar-refractivity contribution in [1.29, 1.82) is 0 Å². The summed E-state index contributed by atoms with van der Waals surface area (Å²) >= 11 is 0. The minimum atomic E-state index is -1.82. The van der Waals surface area contributed by atoms with Crippen LogP contribution in [0.1, 0.15) is 26.3 Å². The van der Waals surface area contributed by atoms with Gasteiger partial charge in [0, 0.05) is 0 Å². The van der Waals surface area contributed by atoms with Gasteiger partial charge < -0.3 is 14.3 Å². The maximum absolute atomic E-state index is 12.6. The Balaban J connectivity index is 2.00. The van der Waals surface area contributed by atoms with Crippen molar-refractivity contribution < 1.29 is 19.1 Å². The van der Waals surface area contributed by atoms with Gasteiger partial charge in [0.1, 0.15) is 6.61 Å². The van der Waals surface area contributed by atoms with Crippen molar-refractivity contribution in [3.05, 3.63) is 35.9 Å². The number of hydrogen-bond donors (Lipinski definition) is 1. The lowest BCUT2D eigenvalue weighted by Crippen LogP contribution is -2.47. The van der Waals surface area contributed by atoms with Crippen LogP contribution >= 0.6 is 0 Å². The van der Waals surface area contributed by atoms with Crippen LogP contribution in [-0.4, -0.2) is 49.9 Å². The Kier molecular flexibility index (Phi) is 6.98. The first-order chi connectivity index (χ1) is 11.5. The zero-order chi connectivity index (χ0) is 17.6. The summed E-state index contributed by atoms with van der Waals surface area (Å²) in [5, 5.41) is 10.0. The van der Waals surface area contributed by atoms with Gasteiger partial charge in [-0.25, -0.2) is 0 Å². The molecule has 2 atom stereocenters. The van der Waals surface area contributed by atoms with Gasteiger partial charge in [0.25, 0.3) is 5.91 Å². The molecule has 0 spiro atoms.